The fourth-order valence-corrected chi connectivity index (χ4v) is 1.79. The molecule has 1 unspecified atom stereocenters. The number of nitrogens with one attached hydrogen (secondary N) is 1. The van der Waals surface area contributed by atoms with Crippen molar-refractivity contribution < 1.29 is 27.8 Å². The highest BCUT2D eigenvalue weighted by molar-refractivity contribution is 5.83. The maximum Gasteiger partial charge on any atom is 0.433 e. The van der Waals surface area contributed by atoms with Gasteiger partial charge in [0.25, 0.3) is 0 Å². The topological polar surface area (TPSA) is 71.5 Å². The van der Waals surface area contributed by atoms with Crippen LogP contribution in [0.15, 0.2) is 18.2 Å². The zero-order chi connectivity index (χ0) is 14.1. The summed E-state index contributed by atoms with van der Waals surface area (Å²) in [5.41, 5.74) is -2.49. The number of hydrogen-bond donors (Lipinski definition) is 2. The van der Waals surface area contributed by atoms with E-state index in [1.54, 1.807) is 0 Å². The summed E-state index contributed by atoms with van der Waals surface area (Å²) in [5, 5.41) is 11.7. The number of alkyl halides is 3. The molecule has 19 heavy (non-hydrogen) atoms. The molecular weight excluding hydrogens is 265 g/mol. The molecule has 2 N–H and O–H groups in total. The van der Waals surface area contributed by atoms with Crippen LogP contribution < -0.4 is 5.32 Å². The van der Waals surface area contributed by atoms with E-state index < -0.39 is 23.4 Å². The summed E-state index contributed by atoms with van der Waals surface area (Å²) in [6.07, 6.45) is -4.40. The normalized spacial score (nSPS) is 23.3. The van der Waals surface area contributed by atoms with Crippen molar-refractivity contribution in [2.75, 3.05) is 18.5 Å². The molecule has 0 aliphatic carbocycles. The first-order valence-electron chi connectivity index (χ1n) is 5.47. The van der Waals surface area contributed by atoms with E-state index in [0.29, 0.717) is 0 Å². The minimum atomic E-state index is -4.57. The van der Waals surface area contributed by atoms with Gasteiger partial charge in [0.2, 0.25) is 0 Å². The number of aliphatic carboxylic acids is 1. The Morgan fingerprint density at radius 2 is 2.21 bits per heavy atom. The number of carboxylic acid groups (broad SMARTS) is 1. The molecule has 1 aliphatic rings. The summed E-state index contributed by atoms with van der Waals surface area (Å²) < 4.78 is 42.5. The number of rotatable bonds is 3. The van der Waals surface area contributed by atoms with Crippen molar-refractivity contribution in [3.63, 3.8) is 0 Å². The number of carbonyl (C=O) groups is 1. The third kappa shape index (κ3) is 2.78. The summed E-state index contributed by atoms with van der Waals surface area (Å²) in [7, 11) is 0. The highest BCUT2D eigenvalue weighted by Crippen LogP contribution is 2.29. The third-order valence-electron chi connectivity index (χ3n) is 2.84. The van der Waals surface area contributed by atoms with E-state index in [1.165, 1.54) is 12.1 Å². The fourth-order valence-electron chi connectivity index (χ4n) is 1.79. The van der Waals surface area contributed by atoms with Crippen molar-refractivity contribution in [3.05, 3.63) is 23.9 Å². The maximum atomic E-state index is 12.5. The van der Waals surface area contributed by atoms with Crippen LogP contribution in [-0.4, -0.2) is 34.8 Å². The van der Waals surface area contributed by atoms with E-state index in [0.717, 1.165) is 6.07 Å². The molecule has 1 fully saturated rings. The minimum Gasteiger partial charge on any atom is -0.479 e. The van der Waals surface area contributed by atoms with E-state index in [-0.39, 0.29) is 25.5 Å². The number of carboxylic acids is 1. The third-order valence-corrected chi connectivity index (χ3v) is 2.84. The molecule has 0 bridgehead atoms. The van der Waals surface area contributed by atoms with Crippen LogP contribution in [0, 0.1) is 0 Å². The van der Waals surface area contributed by atoms with Crippen LogP contribution in [0.3, 0.4) is 0 Å². The Labute approximate surface area is 106 Å². The van der Waals surface area contributed by atoms with Gasteiger partial charge in [-0.3, -0.25) is 0 Å². The van der Waals surface area contributed by atoms with Crippen molar-refractivity contribution >= 4 is 11.8 Å². The number of halogens is 3. The van der Waals surface area contributed by atoms with Crippen LogP contribution in [0.5, 0.6) is 0 Å². The molecule has 0 spiro atoms. The summed E-state index contributed by atoms with van der Waals surface area (Å²) in [4.78, 5) is 14.6. The van der Waals surface area contributed by atoms with E-state index in [2.05, 4.69) is 10.3 Å². The Balaban J connectivity index is 2.25. The molecule has 1 aromatic rings. The molecule has 8 heteroatoms. The second kappa shape index (κ2) is 4.69. The van der Waals surface area contributed by atoms with Gasteiger partial charge in [0.15, 0.2) is 5.54 Å². The molecule has 0 amide bonds. The van der Waals surface area contributed by atoms with Crippen LogP contribution in [0.4, 0.5) is 19.0 Å². The molecule has 104 valence electrons. The summed E-state index contributed by atoms with van der Waals surface area (Å²) in [6.45, 7) is 0.124. The van der Waals surface area contributed by atoms with Gasteiger partial charge in [-0.2, -0.15) is 13.2 Å². The van der Waals surface area contributed by atoms with Gasteiger partial charge < -0.3 is 15.2 Å². The van der Waals surface area contributed by atoms with Crippen molar-refractivity contribution in [1.29, 1.82) is 0 Å². The number of anilines is 1. The zero-order valence-corrected chi connectivity index (χ0v) is 9.70. The standard InChI is InChI=1S/C11H11F3N2O3/c12-11(13,14)7-2-1-3-8(15-7)16-10(9(17)18)4-5-19-6-10/h1-3H,4-6H2,(H,15,16)(H,17,18). The molecule has 0 saturated carbocycles. The average Bonchev–Trinajstić information content (AvgIpc) is 2.78. The molecule has 2 heterocycles. The lowest BCUT2D eigenvalue weighted by atomic mass is 9.99. The molecule has 1 aliphatic heterocycles. The average molecular weight is 276 g/mol. The van der Waals surface area contributed by atoms with Crippen LogP contribution >= 0.6 is 0 Å². The van der Waals surface area contributed by atoms with Gasteiger partial charge in [-0.15, -0.1) is 0 Å². The predicted octanol–water partition coefficient (Wildman–Crippen LogP) is 1.76. The quantitative estimate of drug-likeness (QED) is 0.880. The van der Waals surface area contributed by atoms with Crippen LogP contribution in [-0.2, 0) is 15.7 Å². The van der Waals surface area contributed by atoms with Gasteiger partial charge in [-0.05, 0) is 12.1 Å². The van der Waals surface area contributed by atoms with Crippen molar-refractivity contribution in [3.8, 4) is 0 Å². The Morgan fingerprint density at radius 1 is 1.47 bits per heavy atom. The van der Waals surface area contributed by atoms with Crippen LogP contribution in [0.2, 0.25) is 0 Å². The van der Waals surface area contributed by atoms with Gasteiger partial charge in [0.05, 0.1) is 6.61 Å². The minimum absolute atomic E-state index is 0.111. The van der Waals surface area contributed by atoms with Crippen molar-refractivity contribution in [1.82, 2.24) is 4.98 Å². The molecule has 1 aromatic heterocycles. The van der Waals surface area contributed by atoms with Crippen molar-refractivity contribution in [2.45, 2.75) is 18.1 Å². The van der Waals surface area contributed by atoms with Gasteiger partial charge in [-0.1, -0.05) is 6.07 Å². The fraction of sp³-hybridized carbons (Fsp3) is 0.455. The van der Waals surface area contributed by atoms with E-state index in [1.807, 2.05) is 0 Å². The number of nitrogens with zero attached hydrogens (tertiary/aromatic N) is 1. The predicted molar refractivity (Wildman–Crippen MR) is 58.7 cm³/mol. The van der Waals surface area contributed by atoms with Gasteiger partial charge in [-0.25, -0.2) is 9.78 Å². The Kier molecular flexibility index (Phi) is 3.36. The number of aromatic nitrogens is 1. The second-order valence-electron chi connectivity index (χ2n) is 4.22. The smallest absolute Gasteiger partial charge is 0.433 e. The molecule has 2 rings (SSSR count). The highest BCUT2D eigenvalue weighted by Gasteiger charge is 2.43. The molecule has 1 atom stereocenters. The van der Waals surface area contributed by atoms with Gasteiger partial charge in [0, 0.05) is 13.0 Å². The summed E-state index contributed by atoms with van der Waals surface area (Å²) in [5.74, 6) is -1.31. The zero-order valence-electron chi connectivity index (χ0n) is 9.70. The molecule has 0 aromatic carbocycles. The Hall–Kier alpha value is -1.83. The largest absolute Gasteiger partial charge is 0.479 e. The maximum absolute atomic E-state index is 12.5. The lowest BCUT2D eigenvalue weighted by molar-refractivity contribution is -0.142. The SMILES string of the molecule is O=C(O)C1(Nc2cccc(C(F)(F)F)n2)CCOC1. The monoisotopic (exact) mass is 276 g/mol. The lowest BCUT2D eigenvalue weighted by Crippen LogP contribution is -2.47. The molecule has 0 radical (unpaired) electrons. The number of hydrogen-bond acceptors (Lipinski definition) is 4. The van der Waals surface area contributed by atoms with E-state index >= 15 is 0 Å². The summed E-state index contributed by atoms with van der Waals surface area (Å²) >= 11 is 0. The van der Waals surface area contributed by atoms with E-state index in [9.17, 15) is 18.0 Å². The van der Waals surface area contributed by atoms with Gasteiger partial charge in [0.1, 0.15) is 11.5 Å². The molecule has 1 saturated heterocycles. The summed E-state index contributed by atoms with van der Waals surface area (Å²) in [6, 6.07) is 3.28. The van der Waals surface area contributed by atoms with Crippen LogP contribution in [0.1, 0.15) is 12.1 Å². The second-order valence-corrected chi connectivity index (χ2v) is 4.22. The molecular formula is C11H11F3N2O3. The highest BCUT2D eigenvalue weighted by atomic mass is 19.4. The molecule has 5 nitrogen and oxygen atoms in total. The number of pyridine rings is 1. The first kappa shape index (κ1) is 13.6. The number of ether oxygens (including phenoxy) is 1. The van der Waals surface area contributed by atoms with Crippen LogP contribution in [0.25, 0.3) is 0 Å². The Morgan fingerprint density at radius 3 is 2.74 bits per heavy atom. The van der Waals surface area contributed by atoms with Gasteiger partial charge >= 0.3 is 12.1 Å². The first-order valence-corrected chi connectivity index (χ1v) is 5.47. The van der Waals surface area contributed by atoms with E-state index in [4.69, 9.17) is 9.84 Å². The lowest BCUT2D eigenvalue weighted by Gasteiger charge is -2.24. The van der Waals surface area contributed by atoms with Crippen molar-refractivity contribution in [2.24, 2.45) is 0 Å². The first-order chi connectivity index (χ1) is 8.83. The Bertz CT molecular complexity index is 484.